The Morgan fingerprint density at radius 3 is 2.50 bits per heavy atom. The Morgan fingerprint density at radius 1 is 1.14 bits per heavy atom. The van der Waals surface area contributed by atoms with E-state index in [9.17, 15) is 5.11 Å². The minimum Gasteiger partial charge on any atom is -0.472 e. The van der Waals surface area contributed by atoms with Crippen molar-refractivity contribution in [3.8, 4) is 0 Å². The third-order valence-electron chi connectivity index (χ3n) is 3.59. The van der Waals surface area contributed by atoms with E-state index in [1.165, 1.54) is 16.7 Å². The maximum absolute atomic E-state index is 9.87. The zero-order chi connectivity index (χ0) is 16.4. The van der Waals surface area contributed by atoms with Crippen molar-refractivity contribution < 1.29 is 9.52 Å². The topological polar surface area (TPSA) is 33.4 Å². The van der Waals surface area contributed by atoms with E-state index in [1.807, 2.05) is 32.3 Å². The van der Waals surface area contributed by atoms with Gasteiger partial charge < -0.3 is 9.52 Å². The summed E-state index contributed by atoms with van der Waals surface area (Å²) in [5.74, 6) is 0. The molecule has 1 N–H and O–H groups in total. The van der Waals surface area contributed by atoms with Crippen molar-refractivity contribution in [2.24, 2.45) is 0 Å². The molecule has 0 aromatic carbocycles. The van der Waals surface area contributed by atoms with Crippen LogP contribution in [0, 0.1) is 0 Å². The minimum atomic E-state index is -0.354. The van der Waals surface area contributed by atoms with Crippen molar-refractivity contribution in [1.29, 1.82) is 0 Å². The van der Waals surface area contributed by atoms with Gasteiger partial charge in [0, 0.05) is 0 Å². The molecule has 122 valence electrons. The summed E-state index contributed by atoms with van der Waals surface area (Å²) in [6.45, 7) is 8.32. The number of rotatable bonds is 9. The number of aliphatic hydroxyl groups is 1. The van der Waals surface area contributed by atoms with Gasteiger partial charge in [0.15, 0.2) is 0 Å². The fourth-order valence-electron chi connectivity index (χ4n) is 2.43. The maximum Gasteiger partial charge on any atom is 0.0934 e. The molecule has 0 fully saturated rings. The highest BCUT2D eigenvalue weighted by Crippen LogP contribution is 2.13. The first kappa shape index (κ1) is 18.5. The number of allylic oxidation sites excluding steroid dienone is 4. The standard InChI is InChI=1S/C20H30O2/c1-16(2)13-20(21)14-18(4)9-5-7-17(3)8-6-10-19-11-12-22-15-19/h8-9,11-13,15,20-21H,5-7,10,14H2,1-4H3/b17-8+,18-9+/t20-/m1/s1. The molecule has 0 aliphatic heterocycles. The molecule has 0 saturated heterocycles. The van der Waals surface area contributed by atoms with Crippen LogP contribution in [0.15, 0.2) is 58.0 Å². The van der Waals surface area contributed by atoms with E-state index in [-0.39, 0.29) is 6.10 Å². The van der Waals surface area contributed by atoms with E-state index < -0.39 is 0 Å². The van der Waals surface area contributed by atoms with Crippen LogP contribution in [-0.4, -0.2) is 11.2 Å². The lowest BCUT2D eigenvalue weighted by Crippen LogP contribution is -2.03. The Morgan fingerprint density at radius 2 is 1.86 bits per heavy atom. The molecule has 1 aromatic heterocycles. The van der Waals surface area contributed by atoms with Crippen LogP contribution in [-0.2, 0) is 6.42 Å². The average Bonchev–Trinajstić information content (AvgIpc) is 2.90. The maximum atomic E-state index is 9.87. The summed E-state index contributed by atoms with van der Waals surface area (Å²) in [7, 11) is 0. The van der Waals surface area contributed by atoms with Crippen LogP contribution >= 0.6 is 0 Å². The number of hydrogen-bond donors (Lipinski definition) is 1. The van der Waals surface area contributed by atoms with Crippen molar-refractivity contribution in [3.05, 3.63) is 59.1 Å². The van der Waals surface area contributed by atoms with Gasteiger partial charge in [0.05, 0.1) is 18.6 Å². The van der Waals surface area contributed by atoms with E-state index in [0.29, 0.717) is 0 Å². The predicted molar refractivity (Wildman–Crippen MR) is 93.8 cm³/mol. The molecule has 1 aromatic rings. The molecule has 0 radical (unpaired) electrons. The summed E-state index contributed by atoms with van der Waals surface area (Å²) in [6, 6.07) is 2.02. The molecule has 1 atom stereocenters. The second-order valence-corrected chi connectivity index (χ2v) is 6.33. The van der Waals surface area contributed by atoms with Crippen molar-refractivity contribution in [3.63, 3.8) is 0 Å². The highest BCUT2D eigenvalue weighted by Gasteiger charge is 2.01. The average molecular weight is 302 g/mol. The van der Waals surface area contributed by atoms with E-state index in [4.69, 9.17) is 4.42 Å². The van der Waals surface area contributed by atoms with Crippen LogP contribution in [0.25, 0.3) is 0 Å². The molecule has 1 heterocycles. The Hall–Kier alpha value is -1.54. The number of aliphatic hydroxyl groups excluding tert-OH is 1. The first-order chi connectivity index (χ1) is 10.5. The number of furan rings is 1. The molecule has 0 saturated carbocycles. The third-order valence-corrected chi connectivity index (χ3v) is 3.59. The van der Waals surface area contributed by atoms with Gasteiger partial charge >= 0.3 is 0 Å². The van der Waals surface area contributed by atoms with Gasteiger partial charge in [-0.1, -0.05) is 34.9 Å². The highest BCUT2D eigenvalue weighted by molar-refractivity contribution is 5.10. The monoisotopic (exact) mass is 302 g/mol. The molecule has 2 heteroatoms. The molecular formula is C20H30O2. The first-order valence-electron chi connectivity index (χ1n) is 8.13. The first-order valence-corrected chi connectivity index (χ1v) is 8.13. The fourth-order valence-corrected chi connectivity index (χ4v) is 2.43. The Balaban J connectivity index is 2.26. The van der Waals surface area contributed by atoms with Crippen LogP contribution in [0.3, 0.4) is 0 Å². The van der Waals surface area contributed by atoms with Crippen LogP contribution in [0.5, 0.6) is 0 Å². The van der Waals surface area contributed by atoms with Gasteiger partial charge in [-0.2, -0.15) is 0 Å². The van der Waals surface area contributed by atoms with Gasteiger partial charge in [-0.15, -0.1) is 0 Å². The fraction of sp³-hybridized carbons (Fsp3) is 0.500. The zero-order valence-corrected chi connectivity index (χ0v) is 14.4. The van der Waals surface area contributed by atoms with Crippen molar-refractivity contribution in [2.75, 3.05) is 0 Å². The van der Waals surface area contributed by atoms with E-state index in [0.717, 1.165) is 37.7 Å². The Bertz CT molecular complexity index is 500. The number of aryl methyl sites for hydroxylation is 1. The lowest BCUT2D eigenvalue weighted by atomic mass is 10.0. The van der Waals surface area contributed by atoms with Crippen LogP contribution in [0.1, 0.15) is 58.9 Å². The summed E-state index contributed by atoms with van der Waals surface area (Å²) in [5.41, 5.74) is 5.11. The zero-order valence-electron chi connectivity index (χ0n) is 14.4. The summed E-state index contributed by atoms with van der Waals surface area (Å²) in [5, 5.41) is 9.87. The van der Waals surface area contributed by atoms with Crippen LogP contribution < -0.4 is 0 Å². The summed E-state index contributed by atoms with van der Waals surface area (Å²) >= 11 is 0. The molecule has 0 spiro atoms. The van der Waals surface area contributed by atoms with Crippen LogP contribution in [0.2, 0.25) is 0 Å². The van der Waals surface area contributed by atoms with Gasteiger partial charge in [0.1, 0.15) is 0 Å². The molecule has 0 aliphatic carbocycles. The minimum absolute atomic E-state index is 0.354. The largest absolute Gasteiger partial charge is 0.472 e. The number of hydrogen-bond acceptors (Lipinski definition) is 2. The van der Waals surface area contributed by atoms with Gasteiger partial charge in [-0.3, -0.25) is 0 Å². The third kappa shape index (κ3) is 8.68. The van der Waals surface area contributed by atoms with Crippen molar-refractivity contribution in [1.82, 2.24) is 0 Å². The van der Waals surface area contributed by atoms with Gasteiger partial charge in [-0.25, -0.2) is 0 Å². The summed E-state index contributed by atoms with van der Waals surface area (Å²) in [6.07, 6.45) is 14.6. The van der Waals surface area contributed by atoms with Crippen molar-refractivity contribution >= 4 is 0 Å². The Labute approximate surface area is 135 Å². The van der Waals surface area contributed by atoms with E-state index >= 15 is 0 Å². The van der Waals surface area contributed by atoms with Gasteiger partial charge in [0.2, 0.25) is 0 Å². The summed E-state index contributed by atoms with van der Waals surface area (Å²) in [4.78, 5) is 0. The smallest absolute Gasteiger partial charge is 0.0934 e. The normalized spacial score (nSPS) is 14.0. The van der Waals surface area contributed by atoms with E-state index in [1.54, 1.807) is 6.26 Å². The molecule has 0 unspecified atom stereocenters. The summed E-state index contributed by atoms with van der Waals surface area (Å²) < 4.78 is 5.07. The molecule has 2 nitrogen and oxygen atoms in total. The van der Waals surface area contributed by atoms with Gasteiger partial charge in [-0.05, 0) is 71.4 Å². The predicted octanol–water partition coefficient (Wildman–Crippen LogP) is 5.60. The van der Waals surface area contributed by atoms with E-state index in [2.05, 4.69) is 26.0 Å². The Kier molecular flexibility index (Phi) is 8.61. The molecule has 0 amide bonds. The molecule has 0 bridgehead atoms. The van der Waals surface area contributed by atoms with Crippen LogP contribution in [0.4, 0.5) is 0 Å². The quantitative estimate of drug-likeness (QED) is 0.602. The second kappa shape index (κ2) is 10.2. The SMILES string of the molecule is CC(C)=C[C@@H](O)C/C(C)=C/CC/C(C)=C/CCc1ccoc1. The lowest BCUT2D eigenvalue weighted by molar-refractivity contribution is 0.222. The molecule has 0 aliphatic rings. The van der Waals surface area contributed by atoms with Crippen molar-refractivity contribution in [2.45, 2.75) is 65.9 Å². The second-order valence-electron chi connectivity index (χ2n) is 6.33. The van der Waals surface area contributed by atoms with Gasteiger partial charge in [0.25, 0.3) is 0 Å². The lowest BCUT2D eigenvalue weighted by Gasteiger charge is -2.07. The highest BCUT2D eigenvalue weighted by atomic mass is 16.3. The molecular weight excluding hydrogens is 272 g/mol. The molecule has 1 rings (SSSR count). The molecule has 22 heavy (non-hydrogen) atoms.